The van der Waals surface area contributed by atoms with E-state index in [4.69, 9.17) is 17.0 Å². The molecular weight excluding hydrogens is 236 g/mol. The van der Waals surface area contributed by atoms with Gasteiger partial charge in [0.2, 0.25) is 4.38 Å². The lowest BCUT2D eigenvalue weighted by Crippen LogP contribution is -2.08. The number of rotatable bonds is 3. The monoisotopic (exact) mass is 246 g/mol. The molecule has 0 aliphatic heterocycles. The van der Waals surface area contributed by atoms with Gasteiger partial charge < -0.3 is 4.74 Å². The molecule has 0 fully saturated rings. The molecular formula is C8H10N2O3S2. The normalized spacial score (nSPS) is 10.0. The fourth-order valence-electron chi connectivity index (χ4n) is 1.01. The minimum Gasteiger partial charge on any atom is -0.479 e. The van der Waals surface area contributed by atoms with E-state index in [2.05, 4.69) is 0 Å². The van der Waals surface area contributed by atoms with Gasteiger partial charge in [-0.05, 0) is 43.9 Å². The van der Waals surface area contributed by atoms with Gasteiger partial charge in [-0.2, -0.15) is 0 Å². The van der Waals surface area contributed by atoms with Gasteiger partial charge in [-0.1, -0.05) is 4.68 Å². The molecule has 0 aliphatic rings. The lowest BCUT2D eigenvalue weighted by atomic mass is 10.5. The zero-order valence-corrected chi connectivity index (χ0v) is 9.93. The number of thioether (sulfide) groups is 1. The predicted octanol–water partition coefficient (Wildman–Crippen LogP) is 2.25. The Hall–Kier alpha value is -1.08. The fraction of sp³-hybridized carbons (Fsp3) is 0.375. The van der Waals surface area contributed by atoms with Crippen molar-refractivity contribution >= 4 is 28.4 Å². The first kappa shape index (κ1) is 12.0. The predicted molar refractivity (Wildman–Crippen MR) is 61.6 cm³/mol. The van der Waals surface area contributed by atoms with Crippen LogP contribution in [0.3, 0.4) is 0 Å². The molecule has 7 heteroatoms. The van der Waals surface area contributed by atoms with Crippen LogP contribution < -0.4 is 0 Å². The molecule has 0 aromatic carbocycles. The van der Waals surface area contributed by atoms with Gasteiger partial charge in [0.25, 0.3) is 0 Å². The molecule has 0 saturated carbocycles. The first-order chi connectivity index (χ1) is 7.06. The van der Waals surface area contributed by atoms with E-state index >= 15 is 0 Å². The topological polar surface area (TPSA) is 57.3 Å². The van der Waals surface area contributed by atoms with Crippen molar-refractivity contribution in [3.63, 3.8) is 0 Å². The second-order valence-electron chi connectivity index (χ2n) is 2.63. The molecule has 0 radical (unpaired) electrons. The van der Waals surface area contributed by atoms with Gasteiger partial charge in [0.1, 0.15) is 0 Å². The van der Waals surface area contributed by atoms with Crippen LogP contribution in [0.15, 0.2) is 17.2 Å². The minimum absolute atomic E-state index is 0.377. The maximum absolute atomic E-state index is 10.5. The maximum atomic E-state index is 10.5. The van der Waals surface area contributed by atoms with Crippen LogP contribution in [0.4, 0.5) is 0 Å². The van der Waals surface area contributed by atoms with Crippen molar-refractivity contribution in [1.82, 2.24) is 4.68 Å². The molecule has 0 aliphatic carbocycles. The molecule has 0 N–H and O–H groups in total. The standard InChI is InChI=1S/C8H10N2O3S2/c1-3-13-8(14)15-7-4-5-9(6(7)2)10(11)12/h4-5H,3H2,1-2H3. The van der Waals surface area contributed by atoms with Gasteiger partial charge >= 0.3 is 0 Å². The van der Waals surface area contributed by atoms with E-state index in [0.29, 0.717) is 16.7 Å². The van der Waals surface area contributed by atoms with Crippen LogP contribution in [0.2, 0.25) is 0 Å². The Bertz CT molecular complexity index is 389. The van der Waals surface area contributed by atoms with Crippen molar-refractivity contribution in [3.8, 4) is 0 Å². The summed E-state index contributed by atoms with van der Waals surface area (Å²) in [5, 5.41) is 10.1. The van der Waals surface area contributed by atoms with Crippen LogP contribution in [0.25, 0.3) is 0 Å². The molecule has 5 nitrogen and oxygen atoms in total. The summed E-state index contributed by atoms with van der Waals surface area (Å²) in [5.74, 6) is 0. The lowest BCUT2D eigenvalue weighted by molar-refractivity contribution is -0.543. The smallest absolute Gasteiger partial charge is 0.224 e. The van der Waals surface area contributed by atoms with Crippen LogP contribution in [-0.2, 0) is 4.74 Å². The van der Waals surface area contributed by atoms with Crippen LogP contribution in [-0.4, -0.2) is 20.7 Å². The number of nitrogens with zero attached hydrogens (tertiary/aromatic N) is 2. The van der Waals surface area contributed by atoms with E-state index in [9.17, 15) is 10.1 Å². The number of hydrogen-bond donors (Lipinski definition) is 0. The Morgan fingerprint density at radius 2 is 2.47 bits per heavy atom. The molecule has 0 amide bonds. The van der Waals surface area contributed by atoms with E-state index in [1.807, 2.05) is 6.92 Å². The number of ether oxygens (including phenoxy) is 1. The van der Waals surface area contributed by atoms with E-state index in [1.54, 1.807) is 13.0 Å². The second kappa shape index (κ2) is 5.13. The number of aromatic nitrogens is 1. The summed E-state index contributed by atoms with van der Waals surface area (Å²) in [7, 11) is 0. The Labute approximate surface area is 96.5 Å². The van der Waals surface area contributed by atoms with Gasteiger partial charge in [-0.15, -0.1) is 0 Å². The summed E-state index contributed by atoms with van der Waals surface area (Å²) >= 11 is 6.15. The van der Waals surface area contributed by atoms with Gasteiger partial charge in [0, 0.05) is 4.90 Å². The molecule has 1 heterocycles. The largest absolute Gasteiger partial charge is 0.479 e. The zero-order chi connectivity index (χ0) is 11.4. The van der Waals surface area contributed by atoms with Crippen molar-refractivity contribution in [2.24, 2.45) is 0 Å². The lowest BCUT2D eigenvalue weighted by Gasteiger charge is -2.02. The SMILES string of the molecule is CCOC(=S)Sc1ccn([N+](=O)[O-])c1C. The average Bonchev–Trinajstić information content (AvgIpc) is 2.48. The summed E-state index contributed by atoms with van der Waals surface area (Å²) in [6.45, 7) is 4.00. The van der Waals surface area contributed by atoms with E-state index < -0.39 is 5.03 Å². The van der Waals surface area contributed by atoms with Crippen LogP contribution >= 0.6 is 24.0 Å². The fourth-order valence-corrected chi connectivity index (χ4v) is 2.12. The Kier molecular flexibility index (Phi) is 4.10. The van der Waals surface area contributed by atoms with Crippen LogP contribution in [0, 0.1) is 17.0 Å². The highest BCUT2D eigenvalue weighted by molar-refractivity contribution is 8.22. The van der Waals surface area contributed by atoms with Gasteiger partial charge in [0.15, 0.2) is 5.03 Å². The van der Waals surface area contributed by atoms with Crippen molar-refractivity contribution in [2.45, 2.75) is 18.7 Å². The van der Waals surface area contributed by atoms with Crippen molar-refractivity contribution in [2.75, 3.05) is 6.61 Å². The second-order valence-corrected chi connectivity index (χ2v) is 4.28. The summed E-state index contributed by atoms with van der Waals surface area (Å²) in [5.41, 5.74) is 0.548. The maximum Gasteiger partial charge on any atom is 0.224 e. The molecule has 0 unspecified atom stereocenters. The molecule has 1 aromatic rings. The number of hydrogen-bond acceptors (Lipinski definition) is 5. The molecule has 1 aromatic heterocycles. The summed E-state index contributed by atoms with van der Waals surface area (Å²) < 4.78 is 6.42. The summed E-state index contributed by atoms with van der Waals surface area (Å²) in [4.78, 5) is 11.3. The van der Waals surface area contributed by atoms with Gasteiger partial charge in [0.05, 0.1) is 18.5 Å². The third-order valence-electron chi connectivity index (χ3n) is 1.70. The van der Waals surface area contributed by atoms with Gasteiger partial charge in [-0.25, -0.2) is 10.1 Å². The zero-order valence-electron chi connectivity index (χ0n) is 8.30. The Morgan fingerprint density at radius 3 is 2.93 bits per heavy atom. The van der Waals surface area contributed by atoms with E-state index in [0.717, 1.165) is 9.57 Å². The molecule has 0 saturated heterocycles. The first-order valence-electron chi connectivity index (χ1n) is 4.23. The average molecular weight is 246 g/mol. The van der Waals surface area contributed by atoms with Crippen LogP contribution in [0.5, 0.6) is 0 Å². The molecule has 82 valence electrons. The van der Waals surface area contributed by atoms with Crippen molar-refractivity contribution < 1.29 is 9.77 Å². The molecule has 0 atom stereocenters. The Morgan fingerprint density at radius 1 is 1.80 bits per heavy atom. The number of nitro groups is 1. The highest BCUT2D eigenvalue weighted by Gasteiger charge is 2.13. The Balaban J connectivity index is 2.79. The molecule has 1 rings (SSSR count). The minimum atomic E-state index is -0.483. The van der Waals surface area contributed by atoms with E-state index in [1.165, 1.54) is 18.0 Å². The molecule has 15 heavy (non-hydrogen) atoms. The van der Waals surface area contributed by atoms with Crippen molar-refractivity contribution in [1.29, 1.82) is 0 Å². The molecule has 0 spiro atoms. The van der Waals surface area contributed by atoms with Crippen molar-refractivity contribution in [3.05, 3.63) is 28.1 Å². The van der Waals surface area contributed by atoms with Gasteiger partial charge in [-0.3, -0.25) is 0 Å². The quantitative estimate of drug-likeness (QED) is 0.354. The van der Waals surface area contributed by atoms with Crippen LogP contribution in [0.1, 0.15) is 12.6 Å². The first-order valence-corrected chi connectivity index (χ1v) is 5.46. The highest BCUT2D eigenvalue weighted by atomic mass is 32.2. The third-order valence-corrected chi connectivity index (χ3v) is 3.00. The number of thiocarbonyl (C=S) groups is 1. The molecule has 0 bridgehead atoms. The third kappa shape index (κ3) is 2.93. The van der Waals surface area contributed by atoms with E-state index in [-0.39, 0.29) is 0 Å². The summed E-state index contributed by atoms with van der Waals surface area (Å²) in [6.07, 6.45) is 1.40. The highest BCUT2D eigenvalue weighted by Crippen LogP contribution is 2.25. The summed E-state index contributed by atoms with van der Waals surface area (Å²) in [6, 6.07) is 1.65.